The molecule has 0 spiro atoms. The molecule has 0 aromatic carbocycles. The number of hydrogen-bond donors (Lipinski definition) is 0. The Morgan fingerprint density at radius 2 is 2.12 bits per heavy atom. The molecule has 0 N–H and O–H groups in total. The lowest BCUT2D eigenvalue weighted by molar-refractivity contribution is -0.138. The van der Waals surface area contributed by atoms with Crippen molar-refractivity contribution in [1.29, 1.82) is 0 Å². The van der Waals surface area contributed by atoms with E-state index in [0.717, 1.165) is 31.3 Å². The van der Waals surface area contributed by atoms with Crippen molar-refractivity contribution in [2.45, 2.75) is 46.5 Å². The van der Waals surface area contributed by atoms with Gasteiger partial charge < -0.3 is 4.90 Å². The van der Waals surface area contributed by atoms with Gasteiger partial charge in [-0.1, -0.05) is 43.1 Å². The molecule has 0 radical (unpaired) electrons. The fourth-order valence-corrected chi connectivity index (χ4v) is 3.14. The molecule has 3 heteroatoms. The van der Waals surface area contributed by atoms with E-state index in [9.17, 15) is 4.79 Å². The van der Waals surface area contributed by atoms with Crippen LogP contribution in [0.2, 0.25) is 0 Å². The number of hydrogen-bond acceptors (Lipinski definition) is 1. The molecular formula is C13H24BrNO. The first-order valence-electron chi connectivity index (χ1n) is 6.37. The molecule has 0 bridgehead atoms. The SMILES string of the molecule is CCCN(CCBr)C(=O)C1CCCC1(C)C. The lowest BCUT2D eigenvalue weighted by Gasteiger charge is -2.31. The van der Waals surface area contributed by atoms with Crippen molar-refractivity contribution in [2.75, 3.05) is 18.4 Å². The van der Waals surface area contributed by atoms with E-state index in [1.807, 2.05) is 4.90 Å². The smallest absolute Gasteiger partial charge is 0.226 e. The van der Waals surface area contributed by atoms with Gasteiger partial charge in [0, 0.05) is 24.3 Å². The Balaban J connectivity index is 2.66. The van der Waals surface area contributed by atoms with Crippen molar-refractivity contribution in [2.24, 2.45) is 11.3 Å². The minimum atomic E-state index is 0.204. The van der Waals surface area contributed by atoms with Crippen LogP contribution in [-0.4, -0.2) is 29.2 Å². The first kappa shape index (κ1) is 14.0. The van der Waals surface area contributed by atoms with Crippen LogP contribution < -0.4 is 0 Å². The third kappa shape index (κ3) is 3.22. The van der Waals surface area contributed by atoms with E-state index in [4.69, 9.17) is 0 Å². The summed E-state index contributed by atoms with van der Waals surface area (Å²) in [7, 11) is 0. The van der Waals surface area contributed by atoms with Gasteiger partial charge in [-0.05, 0) is 24.7 Å². The van der Waals surface area contributed by atoms with Crippen LogP contribution in [0.4, 0.5) is 0 Å². The Kier molecular flexibility index (Phi) is 5.29. The highest BCUT2D eigenvalue weighted by molar-refractivity contribution is 9.09. The highest BCUT2D eigenvalue weighted by Gasteiger charge is 2.40. The average molecular weight is 290 g/mol. The third-order valence-corrected chi connectivity index (χ3v) is 4.07. The van der Waals surface area contributed by atoms with E-state index in [1.165, 1.54) is 12.8 Å². The van der Waals surface area contributed by atoms with Crippen molar-refractivity contribution in [1.82, 2.24) is 4.90 Å². The Hall–Kier alpha value is -0.0500. The summed E-state index contributed by atoms with van der Waals surface area (Å²) < 4.78 is 0. The molecule has 94 valence electrons. The number of alkyl halides is 1. The number of nitrogens with zero attached hydrogens (tertiary/aromatic N) is 1. The standard InChI is InChI=1S/C13H24BrNO/c1-4-9-15(10-8-14)12(16)11-6-5-7-13(11,2)3/h11H,4-10H2,1-3H3. The van der Waals surface area contributed by atoms with Crippen LogP contribution in [0.15, 0.2) is 0 Å². The second kappa shape index (κ2) is 6.04. The zero-order chi connectivity index (χ0) is 12.2. The van der Waals surface area contributed by atoms with Crippen molar-refractivity contribution in [3.63, 3.8) is 0 Å². The summed E-state index contributed by atoms with van der Waals surface area (Å²) in [5, 5.41) is 0.881. The van der Waals surface area contributed by atoms with Gasteiger partial charge in [0.1, 0.15) is 0 Å². The molecule has 0 aromatic rings. The second-order valence-corrected chi connectivity index (χ2v) is 6.24. The number of carbonyl (C=O) groups excluding carboxylic acids is 1. The van der Waals surface area contributed by atoms with E-state index in [0.29, 0.717) is 5.91 Å². The minimum absolute atomic E-state index is 0.204. The van der Waals surface area contributed by atoms with Crippen LogP contribution in [0.5, 0.6) is 0 Å². The van der Waals surface area contributed by atoms with Crippen molar-refractivity contribution >= 4 is 21.8 Å². The summed E-state index contributed by atoms with van der Waals surface area (Å²) in [6, 6.07) is 0. The molecule has 0 heterocycles. The lowest BCUT2D eigenvalue weighted by Crippen LogP contribution is -2.41. The van der Waals surface area contributed by atoms with Gasteiger partial charge in [0.25, 0.3) is 0 Å². The van der Waals surface area contributed by atoms with Crippen molar-refractivity contribution < 1.29 is 4.79 Å². The molecule has 1 saturated carbocycles. The predicted octanol–water partition coefficient (Wildman–Crippen LogP) is 3.45. The molecule has 0 saturated heterocycles. The zero-order valence-electron chi connectivity index (χ0n) is 10.8. The molecule has 1 rings (SSSR count). The quantitative estimate of drug-likeness (QED) is 0.710. The first-order chi connectivity index (χ1) is 7.53. The van der Waals surface area contributed by atoms with Gasteiger partial charge in [0.05, 0.1) is 0 Å². The molecule has 1 fully saturated rings. The molecule has 1 unspecified atom stereocenters. The summed E-state index contributed by atoms with van der Waals surface area (Å²) >= 11 is 3.43. The first-order valence-corrected chi connectivity index (χ1v) is 7.50. The van der Waals surface area contributed by atoms with Crippen LogP contribution >= 0.6 is 15.9 Å². The van der Waals surface area contributed by atoms with Gasteiger partial charge in [0.2, 0.25) is 5.91 Å². The molecule has 1 aliphatic rings. The van der Waals surface area contributed by atoms with Gasteiger partial charge in [-0.2, -0.15) is 0 Å². The second-order valence-electron chi connectivity index (χ2n) is 5.45. The third-order valence-electron chi connectivity index (χ3n) is 3.71. The summed E-state index contributed by atoms with van der Waals surface area (Å²) in [6.07, 6.45) is 4.52. The molecule has 1 atom stereocenters. The normalized spacial score (nSPS) is 23.4. The molecule has 16 heavy (non-hydrogen) atoms. The average Bonchev–Trinajstić information content (AvgIpc) is 2.57. The van der Waals surface area contributed by atoms with Crippen LogP contribution in [-0.2, 0) is 4.79 Å². The summed E-state index contributed by atoms with van der Waals surface area (Å²) in [4.78, 5) is 14.5. The maximum absolute atomic E-state index is 12.4. The van der Waals surface area contributed by atoms with E-state index >= 15 is 0 Å². The maximum atomic E-state index is 12.4. The fraction of sp³-hybridized carbons (Fsp3) is 0.923. The minimum Gasteiger partial charge on any atom is -0.342 e. The number of carbonyl (C=O) groups is 1. The molecule has 2 nitrogen and oxygen atoms in total. The summed E-state index contributed by atoms with van der Waals surface area (Å²) in [5.74, 6) is 0.627. The Bertz CT molecular complexity index is 234. The highest BCUT2D eigenvalue weighted by Crippen LogP contribution is 2.43. The van der Waals surface area contributed by atoms with E-state index < -0.39 is 0 Å². The monoisotopic (exact) mass is 289 g/mol. The molecule has 1 aliphatic carbocycles. The molecule has 1 amide bonds. The topological polar surface area (TPSA) is 20.3 Å². The van der Waals surface area contributed by atoms with Crippen LogP contribution in [0.25, 0.3) is 0 Å². The largest absolute Gasteiger partial charge is 0.342 e. The van der Waals surface area contributed by atoms with E-state index in [2.05, 4.69) is 36.7 Å². The molecule has 0 aromatic heterocycles. The van der Waals surface area contributed by atoms with Gasteiger partial charge >= 0.3 is 0 Å². The number of amides is 1. The summed E-state index contributed by atoms with van der Waals surface area (Å²) in [5.41, 5.74) is 0.204. The van der Waals surface area contributed by atoms with Gasteiger partial charge in [-0.3, -0.25) is 4.79 Å². The van der Waals surface area contributed by atoms with Crippen molar-refractivity contribution in [3.8, 4) is 0 Å². The van der Waals surface area contributed by atoms with Crippen LogP contribution in [0, 0.1) is 11.3 Å². The van der Waals surface area contributed by atoms with E-state index in [-0.39, 0.29) is 11.3 Å². The van der Waals surface area contributed by atoms with Gasteiger partial charge in [0.15, 0.2) is 0 Å². The van der Waals surface area contributed by atoms with Gasteiger partial charge in [-0.25, -0.2) is 0 Å². The van der Waals surface area contributed by atoms with E-state index in [1.54, 1.807) is 0 Å². The highest BCUT2D eigenvalue weighted by atomic mass is 79.9. The Morgan fingerprint density at radius 1 is 1.44 bits per heavy atom. The number of rotatable bonds is 5. The lowest BCUT2D eigenvalue weighted by atomic mass is 9.81. The Labute approximate surface area is 108 Å². The predicted molar refractivity (Wildman–Crippen MR) is 71.8 cm³/mol. The summed E-state index contributed by atoms with van der Waals surface area (Å²) in [6.45, 7) is 8.35. The van der Waals surface area contributed by atoms with Crippen molar-refractivity contribution in [3.05, 3.63) is 0 Å². The Morgan fingerprint density at radius 3 is 2.56 bits per heavy atom. The molecular weight excluding hydrogens is 266 g/mol. The maximum Gasteiger partial charge on any atom is 0.226 e. The fourth-order valence-electron chi connectivity index (χ4n) is 2.71. The molecule has 0 aliphatic heterocycles. The number of halogens is 1. The van der Waals surface area contributed by atoms with Crippen LogP contribution in [0.1, 0.15) is 46.5 Å². The van der Waals surface area contributed by atoms with Crippen LogP contribution in [0.3, 0.4) is 0 Å². The van der Waals surface area contributed by atoms with Gasteiger partial charge in [-0.15, -0.1) is 0 Å². The zero-order valence-corrected chi connectivity index (χ0v) is 12.3.